The van der Waals surface area contributed by atoms with E-state index in [9.17, 15) is 8.42 Å². The molecule has 21 heavy (non-hydrogen) atoms. The maximum Gasteiger partial charge on any atom is 0.214 e. The molecule has 6 heteroatoms. The minimum absolute atomic E-state index is 0.149. The van der Waals surface area contributed by atoms with Gasteiger partial charge in [0.2, 0.25) is 10.0 Å². The van der Waals surface area contributed by atoms with E-state index in [1.165, 1.54) is 0 Å². The quantitative estimate of drug-likeness (QED) is 0.826. The van der Waals surface area contributed by atoms with Crippen LogP contribution in [0.5, 0.6) is 0 Å². The lowest BCUT2D eigenvalue weighted by Gasteiger charge is -2.30. The van der Waals surface area contributed by atoms with Crippen molar-refractivity contribution in [1.82, 2.24) is 14.5 Å². The van der Waals surface area contributed by atoms with Gasteiger partial charge >= 0.3 is 0 Å². The van der Waals surface area contributed by atoms with Gasteiger partial charge in [0.25, 0.3) is 0 Å². The average molecular weight is 317 g/mol. The molecule has 2 aliphatic heterocycles. The van der Waals surface area contributed by atoms with Gasteiger partial charge < -0.3 is 10.2 Å². The number of rotatable bonds is 5. The Morgan fingerprint density at radius 3 is 2.57 bits per heavy atom. The van der Waals surface area contributed by atoms with Gasteiger partial charge in [-0.2, -0.15) is 4.31 Å². The Hall–Kier alpha value is -0.170. The summed E-state index contributed by atoms with van der Waals surface area (Å²) < 4.78 is 27.3. The fourth-order valence-electron chi connectivity index (χ4n) is 3.52. The van der Waals surface area contributed by atoms with Gasteiger partial charge in [-0.25, -0.2) is 8.42 Å². The van der Waals surface area contributed by atoms with Crippen LogP contribution < -0.4 is 5.32 Å². The lowest BCUT2D eigenvalue weighted by Crippen LogP contribution is -2.44. The molecular formula is C15H31N3O2S. The predicted octanol–water partition coefficient (Wildman–Crippen LogP) is 1.12. The highest BCUT2D eigenvalue weighted by molar-refractivity contribution is 7.89. The van der Waals surface area contributed by atoms with Crippen LogP contribution in [0.3, 0.4) is 0 Å². The highest BCUT2D eigenvalue weighted by Crippen LogP contribution is 2.21. The molecule has 0 amide bonds. The van der Waals surface area contributed by atoms with Crippen LogP contribution in [0.4, 0.5) is 0 Å². The second-order valence-corrected chi connectivity index (χ2v) is 8.63. The van der Waals surface area contributed by atoms with Crippen LogP contribution in [0.2, 0.25) is 0 Å². The molecule has 2 heterocycles. The number of hydrogen-bond acceptors (Lipinski definition) is 4. The Morgan fingerprint density at radius 1 is 1.19 bits per heavy atom. The summed E-state index contributed by atoms with van der Waals surface area (Å²) in [6.07, 6.45) is 4.91. The fourth-order valence-corrected chi connectivity index (χ4v) is 5.47. The summed E-state index contributed by atoms with van der Waals surface area (Å²) in [5, 5.41) is 3.34. The van der Waals surface area contributed by atoms with Crippen LogP contribution in [0.15, 0.2) is 0 Å². The summed E-state index contributed by atoms with van der Waals surface area (Å²) >= 11 is 0. The topological polar surface area (TPSA) is 52.7 Å². The van der Waals surface area contributed by atoms with E-state index in [1.54, 1.807) is 4.31 Å². The maximum absolute atomic E-state index is 12.7. The lowest BCUT2D eigenvalue weighted by atomic mass is 9.96. The van der Waals surface area contributed by atoms with Gasteiger partial charge in [-0.3, -0.25) is 0 Å². The summed E-state index contributed by atoms with van der Waals surface area (Å²) in [6, 6.07) is 0.149. The maximum atomic E-state index is 12.7. The fraction of sp³-hybridized carbons (Fsp3) is 1.00. The molecule has 0 radical (unpaired) electrons. The molecule has 124 valence electrons. The number of nitrogens with zero attached hydrogens (tertiary/aromatic N) is 2. The monoisotopic (exact) mass is 317 g/mol. The summed E-state index contributed by atoms with van der Waals surface area (Å²) in [4.78, 5) is 2.26. The SMILES string of the molecule is CCC1CN(C)CCCN1S(=O)(=O)CCC1CCNCC1. The van der Waals surface area contributed by atoms with Crippen molar-refractivity contribution in [1.29, 1.82) is 0 Å². The van der Waals surface area contributed by atoms with Crippen molar-refractivity contribution in [3.63, 3.8) is 0 Å². The van der Waals surface area contributed by atoms with Crippen LogP contribution in [0.25, 0.3) is 0 Å². The zero-order chi connectivity index (χ0) is 15.3. The Labute approximate surface area is 130 Å². The highest BCUT2D eigenvalue weighted by atomic mass is 32.2. The van der Waals surface area contributed by atoms with Gasteiger partial charge in [-0.1, -0.05) is 6.92 Å². The van der Waals surface area contributed by atoms with E-state index in [1.807, 2.05) is 0 Å². The summed E-state index contributed by atoms with van der Waals surface area (Å²) in [7, 11) is -1.01. The molecule has 2 fully saturated rings. The Balaban J connectivity index is 1.95. The molecule has 1 atom stereocenters. The van der Waals surface area contributed by atoms with Crippen molar-refractivity contribution in [2.75, 3.05) is 45.5 Å². The molecule has 1 N–H and O–H groups in total. The van der Waals surface area contributed by atoms with Crippen molar-refractivity contribution in [2.24, 2.45) is 5.92 Å². The van der Waals surface area contributed by atoms with Gasteiger partial charge in [-0.15, -0.1) is 0 Å². The first kappa shape index (κ1) is 17.2. The standard InChI is InChI=1S/C15H31N3O2S/c1-3-15-13-17(2)10-4-11-18(15)21(19,20)12-7-14-5-8-16-9-6-14/h14-16H,3-13H2,1-2H3. The summed E-state index contributed by atoms with van der Waals surface area (Å²) in [6.45, 7) is 6.73. The molecule has 0 aromatic heterocycles. The number of hydrogen-bond donors (Lipinski definition) is 1. The van der Waals surface area contributed by atoms with Crippen LogP contribution >= 0.6 is 0 Å². The molecule has 0 spiro atoms. The van der Waals surface area contributed by atoms with Crippen LogP contribution in [0.1, 0.15) is 39.0 Å². The Morgan fingerprint density at radius 2 is 1.90 bits per heavy atom. The predicted molar refractivity (Wildman–Crippen MR) is 86.9 cm³/mol. The second-order valence-electron chi connectivity index (χ2n) is 6.59. The normalized spacial score (nSPS) is 27.6. The third-order valence-corrected chi connectivity index (χ3v) is 6.87. The van der Waals surface area contributed by atoms with Crippen molar-refractivity contribution < 1.29 is 8.42 Å². The van der Waals surface area contributed by atoms with E-state index < -0.39 is 10.0 Å². The average Bonchev–Trinajstić information content (AvgIpc) is 2.68. The smallest absolute Gasteiger partial charge is 0.214 e. The largest absolute Gasteiger partial charge is 0.317 e. The zero-order valence-corrected chi connectivity index (χ0v) is 14.4. The Kier molecular flexibility index (Phi) is 6.47. The van der Waals surface area contributed by atoms with E-state index in [0.29, 0.717) is 18.2 Å². The van der Waals surface area contributed by atoms with Crippen molar-refractivity contribution in [3.05, 3.63) is 0 Å². The molecule has 2 rings (SSSR count). The molecule has 0 aromatic rings. The summed E-state index contributed by atoms with van der Waals surface area (Å²) in [5.41, 5.74) is 0. The highest BCUT2D eigenvalue weighted by Gasteiger charge is 2.31. The molecule has 0 saturated carbocycles. The van der Waals surface area contributed by atoms with Crippen LogP contribution in [-0.4, -0.2) is 69.2 Å². The van der Waals surface area contributed by atoms with Gasteiger partial charge in [-0.05, 0) is 64.7 Å². The minimum Gasteiger partial charge on any atom is -0.317 e. The van der Waals surface area contributed by atoms with Gasteiger partial charge in [0.1, 0.15) is 0 Å². The first-order chi connectivity index (χ1) is 10.0. The van der Waals surface area contributed by atoms with Gasteiger partial charge in [0, 0.05) is 19.1 Å². The van der Waals surface area contributed by atoms with Gasteiger partial charge in [0.15, 0.2) is 0 Å². The minimum atomic E-state index is -3.10. The zero-order valence-electron chi connectivity index (χ0n) is 13.6. The van der Waals surface area contributed by atoms with Gasteiger partial charge in [0.05, 0.1) is 5.75 Å². The summed E-state index contributed by atoms with van der Waals surface area (Å²) in [5.74, 6) is 0.911. The van der Waals surface area contributed by atoms with Crippen molar-refractivity contribution in [3.8, 4) is 0 Å². The number of nitrogens with one attached hydrogen (secondary N) is 1. The molecule has 1 unspecified atom stereocenters. The first-order valence-electron chi connectivity index (χ1n) is 8.41. The van der Waals surface area contributed by atoms with E-state index in [2.05, 4.69) is 24.2 Å². The number of sulfonamides is 1. The molecule has 0 aliphatic carbocycles. The van der Waals surface area contributed by atoms with E-state index >= 15 is 0 Å². The van der Waals surface area contributed by atoms with Crippen molar-refractivity contribution in [2.45, 2.75) is 45.1 Å². The molecule has 0 bridgehead atoms. The van der Waals surface area contributed by atoms with E-state index in [4.69, 9.17) is 0 Å². The number of likely N-dealkylation sites (N-methyl/N-ethyl adjacent to an activating group) is 1. The third kappa shape index (κ3) is 4.91. The lowest BCUT2D eigenvalue weighted by molar-refractivity contribution is 0.269. The molecule has 2 aliphatic rings. The van der Waals surface area contributed by atoms with E-state index in [-0.39, 0.29) is 6.04 Å². The molecular weight excluding hydrogens is 286 g/mol. The van der Waals surface area contributed by atoms with Crippen molar-refractivity contribution >= 4 is 10.0 Å². The first-order valence-corrected chi connectivity index (χ1v) is 10.0. The third-order valence-electron chi connectivity index (χ3n) is 4.92. The van der Waals surface area contributed by atoms with Crippen LogP contribution in [-0.2, 0) is 10.0 Å². The second kappa shape index (κ2) is 7.90. The molecule has 2 saturated heterocycles. The Bertz CT molecular complexity index is 407. The molecule has 0 aromatic carbocycles. The number of piperidine rings is 1. The van der Waals surface area contributed by atoms with E-state index in [0.717, 1.165) is 58.3 Å². The van der Waals surface area contributed by atoms with Crippen LogP contribution in [0, 0.1) is 5.92 Å². The molecule has 5 nitrogen and oxygen atoms in total.